The number of hydrogen-bond donors (Lipinski definition) is 0. The molecule has 0 atom stereocenters. The van der Waals surface area contributed by atoms with Crippen LogP contribution < -0.4 is 0 Å². The first-order valence-electron chi connectivity index (χ1n) is 18.7. The van der Waals surface area contributed by atoms with Crippen LogP contribution in [0, 0.1) is 0 Å². The molecule has 0 amide bonds. The molecular weight excluding hydrogens is 687 g/mol. The zero-order valence-corrected chi connectivity index (χ0v) is 30.1. The van der Waals surface area contributed by atoms with Gasteiger partial charge in [0.05, 0.1) is 11.4 Å². The Morgan fingerprint density at radius 2 is 0.964 bits per heavy atom. The molecular formula is C51H31N3O2. The van der Waals surface area contributed by atoms with Crippen LogP contribution in [-0.4, -0.2) is 15.0 Å². The van der Waals surface area contributed by atoms with E-state index in [9.17, 15) is 0 Å². The summed E-state index contributed by atoms with van der Waals surface area (Å²) in [5.74, 6) is 0.660. The molecule has 0 radical (unpaired) electrons. The van der Waals surface area contributed by atoms with E-state index in [4.69, 9.17) is 18.8 Å². The van der Waals surface area contributed by atoms with Crippen molar-refractivity contribution in [2.24, 2.45) is 0 Å². The number of furan rings is 2. The summed E-state index contributed by atoms with van der Waals surface area (Å²) in [6.07, 6.45) is 3.64. The summed E-state index contributed by atoms with van der Waals surface area (Å²) in [6.45, 7) is 0. The van der Waals surface area contributed by atoms with E-state index < -0.39 is 0 Å². The van der Waals surface area contributed by atoms with Crippen LogP contribution in [0.5, 0.6) is 0 Å². The lowest BCUT2D eigenvalue weighted by atomic mass is 9.94. The third-order valence-electron chi connectivity index (χ3n) is 10.6. The Morgan fingerprint density at radius 1 is 0.339 bits per heavy atom. The van der Waals surface area contributed by atoms with Gasteiger partial charge in [0, 0.05) is 56.2 Å². The lowest BCUT2D eigenvalue weighted by molar-refractivity contribution is 0.668. The molecule has 0 unspecified atom stereocenters. The van der Waals surface area contributed by atoms with Crippen molar-refractivity contribution >= 4 is 43.9 Å². The van der Waals surface area contributed by atoms with E-state index >= 15 is 0 Å². The normalized spacial score (nSPS) is 11.6. The summed E-state index contributed by atoms with van der Waals surface area (Å²) in [4.78, 5) is 14.4. The standard InChI is InChI=1S/C51H31N3O2/c1-2-9-34(10-3-1)44-31-45(38-12-8-11-36(29-38)32-25-27-52-28-26-32)54-51(53-44)35-19-17-33(18-20-35)40-24-23-39(49-43-14-5-7-16-47(43)56-50(40)49)37-21-22-42-41-13-4-6-15-46(41)55-48(42)30-37/h1-31H. The zero-order chi connectivity index (χ0) is 37.0. The van der Waals surface area contributed by atoms with E-state index in [0.717, 1.165) is 105 Å². The van der Waals surface area contributed by atoms with Crippen molar-refractivity contribution < 1.29 is 8.83 Å². The second-order valence-electron chi connectivity index (χ2n) is 14.0. The summed E-state index contributed by atoms with van der Waals surface area (Å²) in [5, 5.41) is 4.39. The summed E-state index contributed by atoms with van der Waals surface area (Å²) in [7, 11) is 0. The van der Waals surface area contributed by atoms with Crippen LogP contribution in [0.15, 0.2) is 197 Å². The maximum Gasteiger partial charge on any atom is 0.160 e. The Labute approximate surface area is 322 Å². The zero-order valence-electron chi connectivity index (χ0n) is 30.1. The molecule has 4 heterocycles. The van der Waals surface area contributed by atoms with Gasteiger partial charge in [0.25, 0.3) is 0 Å². The minimum atomic E-state index is 0.660. The topological polar surface area (TPSA) is 65.0 Å². The molecule has 5 heteroatoms. The van der Waals surface area contributed by atoms with Crippen LogP contribution in [0.2, 0.25) is 0 Å². The summed E-state index contributed by atoms with van der Waals surface area (Å²) < 4.78 is 13.0. The van der Waals surface area contributed by atoms with Gasteiger partial charge in [-0.1, -0.05) is 121 Å². The molecule has 7 aromatic carbocycles. The lowest BCUT2D eigenvalue weighted by Crippen LogP contribution is -1.96. The van der Waals surface area contributed by atoms with Gasteiger partial charge in [-0.2, -0.15) is 0 Å². The van der Waals surface area contributed by atoms with E-state index in [1.165, 1.54) is 0 Å². The second kappa shape index (κ2) is 13.0. The van der Waals surface area contributed by atoms with Gasteiger partial charge < -0.3 is 8.83 Å². The summed E-state index contributed by atoms with van der Waals surface area (Å²) >= 11 is 0. The van der Waals surface area contributed by atoms with E-state index in [1.807, 2.05) is 73.1 Å². The molecule has 262 valence electrons. The number of nitrogens with zero attached hydrogens (tertiary/aromatic N) is 3. The minimum Gasteiger partial charge on any atom is -0.456 e. The summed E-state index contributed by atoms with van der Waals surface area (Å²) in [5.41, 5.74) is 14.6. The molecule has 4 aromatic heterocycles. The molecule has 0 bridgehead atoms. The Balaban J connectivity index is 1.01. The quantitative estimate of drug-likeness (QED) is 0.171. The molecule has 0 aliphatic heterocycles. The Morgan fingerprint density at radius 3 is 1.79 bits per heavy atom. The van der Waals surface area contributed by atoms with E-state index in [1.54, 1.807) is 0 Å². The van der Waals surface area contributed by atoms with E-state index in [2.05, 4.69) is 120 Å². The van der Waals surface area contributed by atoms with E-state index in [-0.39, 0.29) is 0 Å². The average molecular weight is 718 g/mol. The van der Waals surface area contributed by atoms with Crippen LogP contribution >= 0.6 is 0 Å². The van der Waals surface area contributed by atoms with Crippen LogP contribution in [0.3, 0.4) is 0 Å². The van der Waals surface area contributed by atoms with Crippen molar-refractivity contribution in [1.29, 1.82) is 0 Å². The maximum atomic E-state index is 6.67. The molecule has 0 fully saturated rings. The smallest absolute Gasteiger partial charge is 0.160 e. The van der Waals surface area contributed by atoms with Gasteiger partial charge >= 0.3 is 0 Å². The predicted octanol–water partition coefficient (Wildman–Crippen LogP) is 13.7. The highest BCUT2D eigenvalue weighted by Gasteiger charge is 2.19. The van der Waals surface area contributed by atoms with Crippen molar-refractivity contribution in [1.82, 2.24) is 15.0 Å². The monoisotopic (exact) mass is 717 g/mol. The fraction of sp³-hybridized carbons (Fsp3) is 0. The van der Waals surface area contributed by atoms with Crippen molar-refractivity contribution in [2.45, 2.75) is 0 Å². The molecule has 0 spiro atoms. The van der Waals surface area contributed by atoms with Gasteiger partial charge in [-0.05, 0) is 82.4 Å². The van der Waals surface area contributed by atoms with Gasteiger partial charge in [0.2, 0.25) is 0 Å². The van der Waals surface area contributed by atoms with Gasteiger partial charge in [0.1, 0.15) is 22.3 Å². The minimum absolute atomic E-state index is 0.660. The molecule has 0 saturated carbocycles. The number of pyridine rings is 1. The van der Waals surface area contributed by atoms with Crippen LogP contribution in [0.25, 0.3) is 111 Å². The molecule has 0 saturated heterocycles. The first-order chi connectivity index (χ1) is 27.7. The third kappa shape index (κ3) is 5.45. The Hall–Kier alpha value is -7.63. The van der Waals surface area contributed by atoms with Crippen molar-refractivity contribution in [3.63, 3.8) is 0 Å². The highest BCUT2D eigenvalue weighted by Crippen LogP contribution is 2.43. The number of benzene rings is 7. The molecule has 11 rings (SSSR count). The molecule has 5 nitrogen and oxygen atoms in total. The maximum absolute atomic E-state index is 6.67. The Bertz CT molecular complexity index is 3240. The van der Waals surface area contributed by atoms with Crippen LogP contribution in [0.1, 0.15) is 0 Å². The fourth-order valence-corrected chi connectivity index (χ4v) is 7.87. The van der Waals surface area contributed by atoms with Gasteiger partial charge in [-0.3, -0.25) is 4.98 Å². The second-order valence-corrected chi connectivity index (χ2v) is 14.0. The van der Waals surface area contributed by atoms with Crippen LogP contribution in [0.4, 0.5) is 0 Å². The number of fused-ring (bicyclic) bond motifs is 6. The van der Waals surface area contributed by atoms with E-state index in [0.29, 0.717) is 5.82 Å². The van der Waals surface area contributed by atoms with Gasteiger partial charge in [-0.15, -0.1) is 0 Å². The van der Waals surface area contributed by atoms with Crippen molar-refractivity contribution in [2.75, 3.05) is 0 Å². The lowest BCUT2D eigenvalue weighted by Gasteiger charge is -2.12. The largest absolute Gasteiger partial charge is 0.456 e. The molecule has 0 N–H and O–H groups in total. The number of rotatable bonds is 6. The SMILES string of the molecule is c1ccc(-c2cc(-c3cccc(-c4ccncc4)c3)nc(-c3ccc(-c4ccc(-c5ccc6c(c5)oc5ccccc56)c5c4oc4ccccc45)cc3)n2)cc1. The van der Waals surface area contributed by atoms with Gasteiger partial charge in [0.15, 0.2) is 5.82 Å². The average Bonchev–Trinajstić information content (AvgIpc) is 3.85. The fourth-order valence-electron chi connectivity index (χ4n) is 7.87. The highest BCUT2D eigenvalue weighted by molar-refractivity contribution is 6.17. The first kappa shape index (κ1) is 31.9. The number of para-hydroxylation sites is 2. The molecule has 0 aliphatic carbocycles. The van der Waals surface area contributed by atoms with Crippen molar-refractivity contribution in [3.8, 4) is 67.3 Å². The molecule has 56 heavy (non-hydrogen) atoms. The van der Waals surface area contributed by atoms with Crippen LogP contribution in [-0.2, 0) is 0 Å². The first-order valence-corrected chi connectivity index (χ1v) is 18.7. The number of aromatic nitrogens is 3. The summed E-state index contributed by atoms with van der Waals surface area (Å²) in [6, 6.07) is 60.7. The molecule has 11 aromatic rings. The third-order valence-corrected chi connectivity index (χ3v) is 10.6. The Kier molecular flexibility index (Phi) is 7.42. The highest BCUT2D eigenvalue weighted by atomic mass is 16.3. The van der Waals surface area contributed by atoms with Crippen molar-refractivity contribution in [3.05, 3.63) is 188 Å². The number of hydrogen-bond acceptors (Lipinski definition) is 5. The predicted molar refractivity (Wildman–Crippen MR) is 227 cm³/mol. The van der Waals surface area contributed by atoms with Gasteiger partial charge in [-0.25, -0.2) is 9.97 Å². The molecule has 0 aliphatic rings.